The van der Waals surface area contributed by atoms with Crippen LogP contribution in [0.4, 0.5) is 4.39 Å². The van der Waals surface area contributed by atoms with E-state index in [9.17, 15) is 4.39 Å². The van der Waals surface area contributed by atoms with Crippen LogP contribution in [-0.2, 0) is 0 Å². The quantitative estimate of drug-likeness (QED) is 0.752. The molecule has 0 aliphatic carbocycles. The zero-order valence-electron chi connectivity index (χ0n) is 8.88. The number of methoxy groups -OCH3 is 1. The number of hydrogen-bond acceptors (Lipinski definition) is 2. The van der Waals surface area contributed by atoms with Gasteiger partial charge in [-0.2, -0.15) is 0 Å². The maximum absolute atomic E-state index is 13.2. The second-order valence-corrected chi connectivity index (χ2v) is 3.13. The lowest BCUT2D eigenvalue weighted by Gasteiger charge is -2.01. The van der Waals surface area contributed by atoms with E-state index >= 15 is 0 Å². The van der Waals surface area contributed by atoms with E-state index in [0.29, 0.717) is 5.56 Å². The molecule has 1 aromatic rings. The second kappa shape index (κ2) is 5.38. The summed E-state index contributed by atoms with van der Waals surface area (Å²) in [7, 11) is 1.43. The molecular formula is C12H14FNO. The fourth-order valence-corrected chi connectivity index (χ4v) is 1.02. The molecule has 0 amide bonds. The van der Waals surface area contributed by atoms with Gasteiger partial charge in [0.15, 0.2) is 11.6 Å². The van der Waals surface area contributed by atoms with Gasteiger partial charge in [-0.25, -0.2) is 4.39 Å². The molecule has 0 radical (unpaired) electrons. The predicted octanol–water partition coefficient (Wildman–Crippen LogP) is 1.92. The highest BCUT2D eigenvalue weighted by atomic mass is 19.1. The third-order valence-corrected chi connectivity index (χ3v) is 1.99. The molecule has 0 aliphatic heterocycles. The first-order valence-corrected chi connectivity index (χ1v) is 4.78. The van der Waals surface area contributed by atoms with Gasteiger partial charge in [0, 0.05) is 5.56 Å². The fraction of sp³-hybridized carbons (Fsp3) is 0.333. The third kappa shape index (κ3) is 3.26. The summed E-state index contributed by atoms with van der Waals surface area (Å²) in [5, 5.41) is 0. The van der Waals surface area contributed by atoms with Crippen molar-refractivity contribution in [2.75, 3.05) is 7.11 Å². The van der Waals surface area contributed by atoms with E-state index in [0.717, 1.165) is 6.42 Å². The van der Waals surface area contributed by atoms with Crippen LogP contribution in [0.15, 0.2) is 18.2 Å². The summed E-state index contributed by atoms with van der Waals surface area (Å²) in [5.41, 5.74) is 6.23. The SMILES string of the molecule is CCC(N)C#Cc1ccc(OC)c(F)c1. The van der Waals surface area contributed by atoms with Crippen molar-refractivity contribution in [3.8, 4) is 17.6 Å². The molecule has 0 saturated heterocycles. The molecule has 0 fully saturated rings. The Hall–Kier alpha value is -1.53. The Bertz CT molecular complexity index is 392. The van der Waals surface area contributed by atoms with Crippen LogP contribution in [-0.4, -0.2) is 13.2 Å². The number of hydrogen-bond donors (Lipinski definition) is 1. The molecule has 1 aromatic carbocycles. The van der Waals surface area contributed by atoms with Gasteiger partial charge in [0.25, 0.3) is 0 Å². The van der Waals surface area contributed by atoms with Gasteiger partial charge in [-0.1, -0.05) is 18.8 Å². The minimum absolute atomic E-state index is 0.157. The van der Waals surface area contributed by atoms with Gasteiger partial charge in [0.05, 0.1) is 13.2 Å². The number of halogens is 1. The molecule has 1 atom stereocenters. The lowest BCUT2D eigenvalue weighted by atomic mass is 10.2. The van der Waals surface area contributed by atoms with Gasteiger partial charge in [-0.05, 0) is 24.6 Å². The van der Waals surface area contributed by atoms with Crippen molar-refractivity contribution in [3.63, 3.8) is 0 Å². The first-order valence-electron chi connectivity index (χ1n) is 4.78. The molecule has 2 nitrogen and oxygen atoms in total. The highest BCUT2D eigenvalue weighted by Crippen LogP contribution is 2.16. The van der Waals surface area contributed by atoms with Gasteiger partial charge in [-0.3, -0.25) is 0 Å². The number of rotatable bonds is 2. The zero-order valence-corrected chi connectivity index (χ0v) is 8.88. The summed E-state index contributed by atoms with van der Waals surface area (Å²) >= 11 is 0. The molecule has 15 heavy (non-hydrogen) atoms. The second-order valence-electron chi connectivity index (χ2n) is 3.13. The maximum atomic E-state index is 13.2. The molecule has 3 heteroatoms. The molecule has 1 unspecified atom stereocenters. The Morgan fingerprint density at radius 1 is 1.53 bits per heavy atom. The highest BCUT2D eigenvalue weighted by molar-refractivity contribution is 5.39. The van der Waals surface area contributed by atoms with E-state index in [1.54, 1.807) is 12.1 Å². The first kappa shape index (κ1) is 11.5. The third-order valence-electron chi connectivity index (χ3n) is 1.99. The van der Waals surface area contributed by atoms with Crippen molar-refractivity contribution in [2.45, 2.75) is 19.4 Å². The fourth-order valence-electron chi connectivity index (χ4n) is 1.02. The summed E-state index contributed by atoms with van der Waals surface area (Å²) in [4.78, 5) is 0. The smallest absolute Gasteiger partial charge is 0.166 e. The molecular weight excluding hydrogens is 193 g/mol. The molecule has 0 aromatic heterocycles. The Morgan fingerprint density at radius 3 is 2.80 bits per heavy atom. The summed E-state index contributed by atoms with van der Waals surface area (Å²) in [5.74, 6) is 5.47. The van der Waals surface area contributed by atoms with Crippen LogP contribution in [0.1, 0.15) is 18.9 Å². The highest BCUT2D eigenvalue weighted by Gasteiger charge is 2.01. The van der Waals surface area contributed by atoms with Crippen LogP contribution in [0.3, 0.4) is 0 Å². The van der Waals surface area contributed by atoms with Gasteiger partial charge >= 0.3 is 0 Å². The van der Waals surface area contributed by atoms with E-state index in [1.807, 2.05) is 6.92 Å². The normalized spacial score (nSPS) is 11.5. The van der Waals surface area contributed by atoms with Crippen LogP contribution < -0.4 is 10.5 Å². The van der Waals surface area contributed by atoms with Crippen molar-refractivity contribution < 1.29 is 9.13 Å². The van der Waals surface area contributed by atoms with Crippen LogP contribution in [0.25, 0.3) is 0 Å². The molecule has 0 heterocycles. The van der Waals surface area contributed by atoms with Gasteiger partial charge in [0.1, 0.15) is 0 Å². The van der Waals surface area contributed by atoms with Gasteiger partial charge in [0.2, 0.25) is 0 Å². The Labute approximate surface area is 89.2 Å². The van der Waals surface area contributed by atoms with E-state index < -0.39 is 5.82 Å². The minimum Gasteiger partial charge on any atom is -0.494 e. The maximum Gasteiger partial charge on any atom is 0.166 e. The number of nitrogens with two attached hydrogens (primary N) is 1. The van der Waals surface area contributed by atoms with E-state index in [1.165, 1.54) is 13.2 Å². The summed E-state index contributed by atoms with van der Waals surface area (Å²) in [6.07, 6.45) is 0.783. The van der Waals surface area contributed by atoms with Crippen LogP contribution in [0, 0.1) is 17.7 Å². The van der Waals surface area contributed by atoms with Crippen molar-refractivity contribution in [3.05, 3.63) is 29.6 Å². The van der Waals surface area contributed by atoms with Gasteiger partial charge < -0.3 is 10.5 Å². The van der Waals surface area contributed by atoms with Crippen molar-refractivity contribution in [1.82, 2.24) is 0 Å². The number of benzene rings is 1. The number of ether oxygens (including phenoxy) is 1. The Kier molecular flexibility index (Phi) is 4.14. The summed E-state index contributed by atoms with van der Waals surface area (Å²) < 4.78 is 18.0. The monoisotopic (exact) mass is 207 g/mol. The van der Waals surface area contributed by atoms with Gasteiger partial charge in [-0.15, -0.1) is 0 Å². The Balaban J connectivity index is 2.87. The molecule has 0 saturated carbocycles. The molecule has 1 rings (SSSR count). The average Bonchev–Trinajstić information content (AvgIpc) is 2.26. The molecule has 80 valence electrons. The largest absolute Gasteiger partial charge is 0.494 e. The van der Waals surface area contributed by atoms with Crippen molar-refractivity contribution in [1.29, 1.82) is 0 Å². The van der Waals surface area contributed by atoms with E-state index in [-0.39, 0.29) is 11.8 Å². The van der Waals surface area contributed by atoms with E-state index in [2.05, 4.69) is 11.8 Å². The average molecular weight is 207 g/mol. The molecule has 0 bridgehead atoms. The predicted molar refractivity (Wildman–Crippen MR) is 58.1 cm³/mol. The Morgan fingerprint density at radius 2 is 2.27 bits per heavy atom. The molecule has 2 N–H and O–H groups in total. The van der Waals surface area contributed by atoms with Crippen molar-refractivity contribution >= 4 is 0 Å². The van der Waals surface area contributed by atoms with Crippen LogP contribution in [0.5, 0.6) is 5.75 Å². The molecule has 0 aliphatic rings. The van der Waals surface area contributed by atoms with Crippen LogP contribution in [0.2, 0.25) is 0 Å². The zero-order chi connectivity index (χ0) is 11.3. The topological polar surface area (TPSA) is 35.2 Å². The van der Waals surface area contributed by atoms with Crippen LogP contribution >= 0.6 is 0 Å². The van der Waals surface area contributed by atoms with Crippen molar-refractivity contribution in [2.24, 2.45) is 5.73 Å². The molecule has 0 spiro atoms. The summed E-state index contributed by atoms with van der Waals surface area (Å²) in [6.45, 7) is 1.95. The first-order chi connectivity index (χ1) is 7.17. The lowest BCUT2D eigenvalue weighted by molar-refractivity contribution is 0.386. The summed E-state index contributed by atoms with van der Waals surface area (Å²) in [6, 6.07) is 4.44. The van der Waals surface area contributed by atoms with E-state index in [4.69, 9.17) is 10.5 Å². The lowest BCUT2D eigenvalue weighted by Crippen LogP contribution is -2.15. The standard InChI is InChI=1S/C12H14FNO/c1-3-10(14)6-4-9-5-7-12(15-2)11(13)8-9/h5,7-8,10H,3,14H2,1-2H3. The minimum atomic E-state index is -0.408.